The van der Waals surface area contributed by atoms with Gasteiger partial charge in [-0.05, 0) is 24.1 Å². The molecular formula is C20H18N2O4S2. The van der Waals surface area contributed by atoms with E-state index in [1.807, 2.05) is 24.3 Å². The monoisotopic (exact) mass is 414 g/mol. The second-order valence-electron chi connectivity index (χ2n) is 6.54. The van der Waals surface area contributed by atoms with Gasteiger partial charge in [0.25, 0.3) is 11.6 Å². The maximum absolute atomic E-state index is 12.9. The molecule has 1 aliphatic heterocycles. The van der Waals surface area contributed by atoms with Crippen LogP contribution in [0.4, 0.5) is 11.4 Å². The number of thiocarbonyl (C=S) groups is 1. The van der Waals surface area contributed by atoms with Crippen LogP contribution in [0, 0.1) is 16.0 Å². The van der Waals surface area contributed by atoms with Gasteiger partial charge in [0.2, 0.25) is 0 Å². The highest BCUT2D eigenvalue weighted by Gasteiger charge is 2.34. The van der Waals surface area contributed by atoms with E-state index in [4.69, 9.17) is 17.0 Å². The number of hydrogen-bond donors (Lipinski definition) is 0. The van der Waals surface area contributed by atoms with E-state index in [-0.39, 0.29) is 11.6 Å². The molecule has 0 atom stereocenters. The van der Waals surface area contributed by atoms with Crippen LogP contribution in [0.5, 0.6) is 5.75 Å². The molecule has 0 radical (unpaired) electrons. The number of benzene rings is 2. The summed E-state index contributed by atoms with van der Waals surface area (Å²) in [6.07, 6.45) is 1.74. The quantitative estimate of drug-likeness (QED) is 0.285. The number of nitro benzene ring substituents is 1. The van der Waals surface area contributed by atoms with Gasteiger partial charge >= 0.3 is 0 Å². The Kier molecular flexibility index (Phi) is 6.11. The second kappa shape index (κ2) is 8.53. The smallest absolute Gasteiger partial charge is 0.271 e. The minimum absolute atomic E-state index is 0.0945. The van der Waals surface area contributed by atoms with Crippen LogP contribution in [0.15, 0.2) is 53.4 Å². The fourth-order valence-electron chi connectivity index (χ4n) is 2.56. The van der Waals surface area contributed by atoms with Crippen LogP contribution in [-0.2, 0) is 4.79 Å². The topological polar surface area (TPSA) is 72.7 Å². The fourth-order valence-corrected chi connectivity index (χ4v) is 3.85. The van der Waals surface area contributed by atoms with Crippen molar-refractivity contribution in [2.45, 2.75) is 13.8 Å². The maximum Gasteiger partial charge on any atom is 0.271 e. The van der Waals surface area contributed by atoms with Crippen LogP contribution in [0.2, 0.25) is 0 Å². The number of hydrogen-bond acceptors (Lipinski definition) is 6. The summed E-state index contributed by atoms with van der Waals surface area (Å²) in [6, 6.07) is 13.3. The first kappa shape index (κ1) is 20.0. The van der Waals surface area contributed by atoms with Crippen LogP contribution in [0.25, 0.3) is 6.08 Å². The van der Waals surface area contributed by atoms with E-state index in [9.17, 15) is 14.9 Å². The summed E-state index contributed by atoms with van der Waals surface area (Å²) in [4.78, 5) is 25.2. The molecule has 0 aromatic heterocycles. The fraction of sp³-hybridized carbons (Fsp3) is 0.200. The second-order valence-corrected chi connectivity index (χ2v) is 8.21. The number of thioether (sulfide) groups is 1. The maximum atomic E-state index is 12.9. The van der Waals surface area contributed by atoms with E-state index in [0.29, 0.717) is 33.2 Å². The van der Waals surface area contributed by atoms with Crippen molar-refractivity contribution in [2.75, 3.05) is 11.5 Å². The van der Waals surface area contributed by atoms with Crippen molar-refractivity contribution >= 4 is 51.7 Å². The Morgan fingerprint density at radius 2 is 2.00 bits per heavy atom. The van der Waals surface area contributed by atoms with Gasteiger partial charge < -0.3 is 4.74 Å². The predicted octanol–water partition coefficient (Wildman–Crippen LogP) is 5.04. The van der Waals surface area contributed by atoms with Gasteiger partial charge in [-0.1, -0.05) is 62.1 Å². The zero-order chi connectivity index (χ0) is 20.3. The number of ether oxygens (including phenoxy) is 1. The molecule has 2 aromatic rings. The summed E-state index contributed by atoms with van der Waals surface area (Å²) in [5.41, 5.74) is 1.06. The molecule has 0 N–H and O–H groups in total. The van der Waals surface area contributed by atoms with E-state index in [1.165, 1.54) is 23.1 Å². The Hall–Kier alpha value is -2.71. The zero-order valence-corrected chi connectivity index (χ0v) is 17.0. The van der Waals surface area contributed by atoms with Crippen molar-refractivity contribution in [1.82, 2.24) is 0 Å². The molecule has 8 heteroatoms. The lowest BCUT2D eigenvalue weighted by molar-refractivity contribution is -0.384. The third-order valence-corrected chi connectivity index (χ3v) is 5.17. The number of rotatable bonds is 6. The zero-order valence-electron chi connectivity index (χ0n) is 15.3. The number of nitro groups is 1. The SMILES string of the molecule is CC(C)COc1ccccc1/C=C1\SC(=S)N(c2cccc([N+](=O)[O-])c2)C1=O. The van der Waals surface area contributed by atoms with Crippen LogP contribution in [0.1, 0.15) is 19.4 Å². The third-order valence-electron chi connectivity index (χ3n) is 3.87. The van der Waals surface area contributed by atoms with E-state index < -0.39 is 4.92 Å². The van der Waals surface area contributed by atoms with Crippen LogP contribution < -0.4 is 9.64 Å². The van der Waals surface area contributed by atoms with Crippen molar-refractivity contribution in [3.8, 4) is 5.75 Å². The molecule has 144 valence electrons. The molecule has 0 bridgehead atoms. The summed E-state index contributed by atoms with van der Waals surface area (Å²) in [5.74, 6) is 0.756. The molecule has 1 fully saturated rings. The lowest BCUT2D eigenvalue weighted by atomic mass is 10.1. The van der Waals surface area contributed by atoms with E-state index in [0.717, 1.165) is 17.3 Å². The summed E-state index contributed by atoms with van der Waals surface area (Å²) >= 11 is 6.51. The Bertz CT molecular complexity index is 972. The van der Waals surface area contributed by atoms with Crippen molar-refractivity contribution in [3.63, 3.8) is 0 Å². The largest absolute Gasteiger partial charge is 0.493 e. The first-order valence-electron chi connectivity index (χ1n) is 8.61. The van der Waals surface area contributed by atoms with Gasteiger partial charge in [-0.3, -0.25) is 19.8 Å². The summed E-state index contributed by atoms with van der Waals surface area (Å²) in [5, 5.41) is 11.0. The van der Waals surface area contributed by atoms with Gasteiger partial charge in [0.05, 0.1) is 22.1 Å². The minimum Gasteiger partial charge on any atom is -0.493 e. The Balaban J connectivity index is 1.90. The highest BCUT2D eigenvalue weighted by molar-refractivity contribution is 8.27. The highest BCUT2D eigenvalue weighted by atomic mass is 32.2. The van der Waals surface area contributed by atoms with Gasteiger partial charge in [0.1, 0.15) is 5.75 Å². The summed E-state index contributed by atoms with van der Waals surface area (Å²) in [7, 11) is 0. The van der Waals surface area contributed by atoms with Gasteiger partial charge in [0, 0.05) is 17.7 Å². The van der Waals surface area contributed by atoms with Crippen LogP contribution >= 0.6 is 24.0 Å². The molecule has 6 nitrogen and oxygen atoms in total. The number of nitrogens with zero attached hydrogens (tertiary/aromatic N) is 2. The predicted molar refractivity (Wildman–Crippen MR) is 116 cm³/mol. The first-order valence-corrected chi connectivity index (χ1v) is 9.83. The van der Waals surface area contributed by atoms with Crippen molar-refractivity contribution < 1.29 is 14.5 Å². The molecule has 2 aromatic carbocycles. The molecule has 0 spiro atoms. The van der Waals surface area contributed by atoms with E-state index in [2.05, 4.69) is 13.8 Å². The standard InChI is InChI=1S/C20H18N2O4S2/c1-13(2)12-26-17-9-4-3-6-14(17)10-18-19(23)21(20(27)28-18)15-7-5-8-16(11-15)22(24)25/h3-11,13H,12H2,1-2H3/b18-10-. The number of carbonyl (C=O) groups excluding carboxylic acids is 1. The molecule has 0 saturated carbocycles. The molecule has 0 aliphatic carbocycles. The van der Waals surface area contributed by atoms with Gasteiger partial charge in [-0.15, -0.1) is 0 Å². The first-order chi connectivity index (χ1) is 13.4. The van der Waals surface area contributed by atoms with Crippen molar-refractivity contribution in [2.24, 2.45) is 5.92 Å². The molecule has 1 saturated heterocycles. The molecular weight excluding hydrogens is 396 g/mol. The van der Waals surface area contributed by atoms with Crippen LogP contribution in [-0.4, -0.2) is 21.8 Å². The van der Waals surface area contributed by atoms with E-state index in [1.54, 1.807) is 12.1 Å². The summed E-state index contributed by atoms with van der Waals surface area (Å²) in [6.45, 7) is 4.69. The molecule has 1 heterocycles. The molecule has 1 amide bonds. The average Bonchev–Trinajstić information content (AvgIpc) is 2.94. The number of non-ortho nitro benzene ring substituents is 1. The van der Waals surface area contributed by atoms with Crippen LogP contribution in [0.3, 0.4) is 0 Å². The normalized spacial score (nSPS) is 15.5. The highest BCUT2D eigenvalue weighted by Crippen LogP contribution is 2.38. The van der Waals surface area contributed by atoms with Crippen molar-refractivity contribution in [3.05, 3.63) is 69.1 Å². The lowest BCUT2D eigenvalue weighted by Crippen LogP contribution is -2.27. The average molecular weight is 415 g/mol. The number of carbonyl (C=O) groups is 1. The minimum atomic E-state index is -0.501. The molecule has 0 unspecified atom stereocenters. The Morgan fingerprint density at radius 3 is 2.71 bits per heavy atom. The Labute approximate surface area is 172 Å². The van der Waals surface area contributed by atoms with E-state index >= 15 is 0 Å². The third kappa shape index (κ3) is 4.40. The summed E-state index contributed by atoms with van der Waals surface area (Å²) < 4.78 is 6.17. The Morgan fingerprint density at radius 1 is 1.25 bits per heavy atom. The molecule has 1 aliphatic rings. The lowest BCUT2D eigenvalue weighted by Gasteiger charge is -2.14. The number of anilines is 1. The van der Waals surface area contributed by atoms with Gasteiger partial charge in [-0.2, -0.15) is 0 Å². The van der Waals surface area contributed by atoms with Gasteiger partial charge in [0.15, 0.2) is 4.32 Å². The molecule has 28 heavy (non-hydrogen) atoms. The molecule has 3 rings (SSSR count). The number of amides is 1. The van der Waals surface area contributed by atoms with Crippen molar-refractivity contribution in [1.29, 1.82) is 0 Å². The van der Waals surface area contributed by atoms with Gasteiger partial charge in [-0.25, -0.2) is 0 Å². The number of para-hydroxylation sites is 1.